The van der Waals surface area contributed by atoms with E-state index in [9.17, 15) is 24.0 Å². The number of benzene rings is 2. The molecule has 0 fully saturated rings. The summed E-state index contributed by atoms with van der Waals surface area (Å²) in [6.45, 7) is 5.17. The van der Waals surface area contributed by atoms with Crippen molar-refractivity contribution in [2.24, 2.45) is 17.8 Å². The topological polar surface area (TPSA) is 119 Å². The lowest BCUT2D eigenvalue weighted by molar-refractivity contribution is -0.141. The molecule has 0 aliphatic carbocycles. The molecular formula is C35H40N2O6. The van der Waals surface area contributed by atoms with Crippen LogP contribution < -0.4 is 10.1 Å². The number of carbonyl (C=O) groups excluding carboxylic acids is 5. The Morgan fingerprint density at radius 1 is 0.837 bits per heavy atom. The van der Waals surface area contributed by atoms with Crippen LogP contribution in [0, 0.1) is 17.8 Å². The molecule has 3 aromatic rings. The summed E-state index contributed by atoms with van der Waals surface area (Å²) in [4.78, 5) is 69.5. The first-order valence-electron chi connectivity index (χ1n) is 14.6. The van der Waals surface area contributed by atoms with Crippen molar-refractivity contribution in [3.8, 4) is 5.75 Å². The van der Waals surface area contributed by atoms with Gasteiger partial charge in [0.1, 0.15) is 5.75 Å². The number of methoxy groups -OCH3 is 1. The first-order chi connectivity index (χ1) is 20.6. The summed E-state index contributed by atoms with van der Waals surface area (Å²) in [6.07, 6.45) is 3.57. The number of nitrogens with zero attached hydrogens (tertiary/aromatic N) is 1. The lowest BCUT2D eigenvalue weighted by Crippen LogP contribution is -2.44. The fraction of sp³-hybridized carbons (Fsp3) is 0.371. The summed E-state index contributed by atoms with van der Waals surface area (Å²) in [5.41, 5.74) is 2.22. The molecule has 0 radical (unpaired) electrons. The molecule has 0 spiro atoms. The average Bonchev–Trinajstić information content (AvgIpc) is 3.02. The van der Waals surface area contributed by atoms with E-state index in [-0.39, 0.29) is 36.7 Å². The van der Waals surface area contributed by atoms with Crippen LogP contribution in [0.1, 0.15) is 61.5 Å². The van der Waals surface area contributed by atoms with Crippen LogP contribution in [0.5, 0.6) is 5.75 Å². The van der Waals surface area contributed by atoms with Crippen molar-refractivity contribution in [3.05, 3.63) is 95.8 Å². The normalized spacial score (nSPS) is 13.0. The van der Waals surface area contributed by atoms with E-state index in [1.165, 1.54) is 12.4 Å². The largest absolute Gasteiger partial charge is 0.497 e. The number of carbonyl (C=O) groups is 5. The van der Waals surface area contributed by atoms with Crippen LogP contribution in [0.3, 0.4) is 0 Å². The Labute approximate surface area is 253 Å². The molecule has 0 saturated heterocycles. The number of aromatic nitrogens is 1. The molecule has 3 atom stereocenters. The van der Waals surface area contributed by atoms with Gasteiger partial charge in [0.2, 0.25) is 11.7 Å². The number of aryl methyl sites for hydroxylation is 1. The second-order valence-electron chi connectivity index (χ2n) is 11.1. The number of ketones is 4. The van der Waals surface area contributed by atoms with Gasteiger partial charge < -0.3 is 10.1 Å². The Balaban J connectivity index is 1.64. The number of amides is 1. The van der Waals surface area contributed by atoms with Gasteiger partial charge in [-0.1, -0.05) is 56.3 Å². The Morgan fingerprint density at radius 3 is 2.16 bits per heavy atom. The Bertz CT molecular complexity index is 1400. The van der Waals surface area contributed by atoms with Crippen molar-refractivity contribution in [2.45, 2.75) is 58.9 Å². The van der Waals surface area contributed by atoms with Crippen LogP contribution in [0.15, 0.2) is 79.1 Å². The number of rotatable bonds is 17. The van der Waals surface area contributed by atoms with Crippen LogP contribution in [0.25, 0.3) is 0 Å². The summed E-state index contributed by atoms with van der Waals surface area (Å²) in [5, 5.41) is 2.77. The van der Waals surface area contributed by atoms with Gasteiger partial charge in [0.15, 0.2) is 17.3 Å². The van der Waals surface area contributed by atoms with E-state index >= 15 is 0 Å². The van der Waals surface area contributed by atoms with Crippen LogP contribution in [0.2, 0.25) is 0 Å². The maximum absolute atomic E-state index is 13.4. The fourth-order valence-electron chi connectivity index (χ4n) is 4.89. The van der Waals surface area contributed by atoms with Gasteiger partial charge in [0, 0.05) is 49.1 Å². The quantitative estimate of drug-likeness (QED) is 0.175. The van der Waals surface area contributed by atoms with Crippen LogP contribution >= 0.6 is 0 Å². The lowest BCUT2D eigenvalue weighted by Gasteiger charge is -2.23. The number of hydrogen-bond donors (Lipinski definition) is 1. The van der Waals surface area contributed by atoms with Crippen molar-refractivity contribution in [3.63, 3.8) is 0 Å². The molecule has 1 aromatic heterocycles. The minimum absolute atomic E-state index is 0.0301. The predicted octanol–water partition coefficient (Wildman–Crippen LogP) is 5.03. The van der Waals surface area contributed by atoms with Gasteiger partial charge in [-0.3, -0.25) is 29.0 Å². The first kappa shape index (κ1) is 33.0. The molecule has 0 saturated carbocycles. The molecule has 0 bridgehead atoms. The van der Waals surface area contributed by atoms with E-state index in [4.69, 9.17) is 4.74 Å². The van der Waals surface area contributed by atoms with Gasteiger partial charge in [-0.2, -0.15) is 0 Å². The van der Waals surface area contributed by atoms with Crippen LogP contribution in [-0.2, 0) is 32.0 Å². The molecule has 0 aliphatic heterocycles. The summed E-state index contributed by atoms with van der Waals surface area (Å²) >= 11 is 0. The Morgan fingerprint density at radius 2 is 1.51 bits per heavy atom. The van der Waals surface area contributed by atoms with E-state index < -0.39 is 35.4 Å². The molecule has 3 rings (SSSR count). The number of hydrogen-bond acceptors (Lipinski definition) is 7. The molecule has 0 unspecified atom stereocenters. The van der Waals surface area contributed by atoms with E-state index in [1.807, 2.05) is 48.5 Å². The molecule has 8 heteroatoms. The fourth-order valence-corrected chi connectivity index (χ4v) is 4.89. The summed E-state index contributed by atoms with van der Waals surface area (Å²) in [7, 11) is 1.56. The molecule has 1 amide bonds. The monoisotopic (exact) mass is 584 g/mol. The number of Topliss-reactive ketones (excluding diaryl/α,β-unsaturated/α-hetero) is 4. The Hall–Kier alpha value is -4.46. The van der Waals surface area contributed by atoms with E-state index in [0.717, 1.165) is 11.1 Å². The third kappa shape index (κ3) is 10.1. The second-order valence-corrected chi connectivity index (χ2v) is 11.1. The zero-order chi connectivity index (χ0) is 31.4. The van der Waals surface area contributed by atoms with Crippen LogP contribution in [0.4, 0.5) is 0 Å². The average molecular weight is 585 g/mol. The van der Waals surface area contributed by atoms with Gasteiger partial charge >= 0.3 is 0 Å². The smallest absolute Gasteiger partial charge is 0.224 e. The SMILES string of the molecule is COc1cccc(CCC(=O)C(=O)[C@@H](CC(=O)[C@H](C)NC(=O)[C@@H](CC(=O)c2ccncc2)Cc2ccccc2)C(C)C)c1. The molecule has 226 valence electrons. The minimum atomic E-state index is -0.900. The minimum Gasteiger partial charge on any atom is -0.497 e. The predicted molar refractivity (Wildman–Crippen MR) is 164 cm³/mol. The van der Waals surface area contributed by atoms with Crippen LogP contribution in [-0.4, -0.2) is 47.2 Å². The number of pyridine rings is 1. The van der Waals surface area contributed by atoms with Crippen molar-refractivity contribution in [1.82, 2.24) is 10.3 Å². The highest BCUT2D eigenvalue weighted by Crippen LogP contribution is 2.21. The van der Waals surface area contributed by atoms with Gasteiger partial charge in [0.25, 0.3) is 0 Å². The molecule has 0 aliphatic rings. The van der Waals surface area contributed by atoms with Gasteiger partial charge in [-0.25, -0.2) is 0 Å². The van der Waals surface area contributed by atoms with Crippen molar-refractivity contribution in [1.29, 1.82) is 0 Å². The van der Waals surface area contributed by atoms with Gasteiger partial charge in [-0.05, 0) is 61.1 Å². The number of nitrogens with one attached hydrogen (secondary N) is 1. The summed E-state index contributed by atoms with van der Waals surface area (Å²) in [6, 6.07) is 19.0. The molecule has 1 heterocycles. The highest BCUT2D eigenvalue weighted by atomic mass is 16.5. The summed E-state index contributed by atoms with van der Waals surface area (Å²) in [5.74, 6) is -3.14. The third-order valence-electron chi connectivity index (χ3n) is 7.58. The van der Waals surface area contributed by atoms with Crippen molar-refractivity contribution in [2.75, 3.05) is 7.11 Å². The van der Waals surface area contributed by atoms with Crippen molar-refractivity contribution < 1.29 is 28.7 Å². The zero-order valence-electron chi connectivity index (χ0n) is 25.2. The van der Waals surface area contributed by atoms with E-state index in [2.05, 4.69) is 10.3 Å². The molecular weight excluding hydrogens is 544 g/mol. The molecule has 8 nitrogen and oxygen atoms in total. The Kier molecular flexibility index (Phi) is 12.5. The second kappa shape index (κ2) is 16.2. The van der Waals surface area contributed by atoms with E-state index in [0.29, 0.717) is 24.2 Å². The highest BCUT2D eigenvalue weighted by molar-refractivity contribution is 6.38. The number of ether oxygens (including phenoxy) is 1. The van der Waals surface area contributed by atoms with E-state index in [1.54, 1.807) is 46.1 Å². The maximum atomic E-state index is 13.4. The summed E-state index contributed by atoms with van der Waals surface area (Å²) < 4.78 is 5.22. The molecule has 1 N–H and O–H groups in total. The first-order valence-corrected chi connectivity index (χ1v) is 14.6. The lowest BCUT2D eigenvalue weighted by atomic mass is 9.83. The highest BCUT2D eigenvalue weighted by Gasteiger charge is 2.32. The van der Waals surface area contributed by atoms with Gasteiger partial charge in [-0.15, -0.1) is 0 Å². The van der Waals surface area contributed by atoms with Gasteiger partial charge in [0.05, 0.1) is 13.2 Å². The maximum Gasteiger partial charge on any atom is 0.224 e. The standard InChI is InChI=1S/C35H40N2O6/c1-23(2)30(34(41)31(38)14-13-26-11-8-12-29(20-26)43-4)22-32(39)24(3)37-35(42)28(19-25-9-6-5-7-10-25)21-33(40)27-15-17-36-18-16-27/h5-12,15-18,20,23-24,28,30H,13-14,19,21-22H2,1-4H3,(H,37,42)/t24-,28+,30-/m0/s1. The zero-order valence-corrected chi connectivity index (χ0v) is 25.2. The molecule has 2 aromatic carbocycles. The molecule has 43 heavy (non-hydrogen) atoms. The third-order valence-corrected chi connectivity index (χ3v) is 7.58. The van der Waals surface area contributed by atoms with Crippen molar-refractivity contribution >= 4 is 29.0 Å².